The van der Waals surface area contributed by atoms with Crippen LogP contribution >= 0.6 is 15.9 Å². The van der Waals surface area contributed by atoms with E-state index in [1.54, 1.807) is 6.20 Å². The fraction of sp³-hybridized carbons (Fsp3) is 0.125. The van der Waals surface area contributed by atoms with E-state index in [-0.39, 0.29) is 0 Å². The summed E-state index contributed by atoms with van der Waals surface area (Å²) in [5.41, 5.74) is 0. The van der Waals surface area contributed by atoms with Gasteiger partial charge in [-0.1, -0.05) is 6.08 Å². The van der Waals surface area contributed by atoms with Gasteiger partial charge in [0.1, 0.15) is 5.82 Å². The second-order valence-electron chi connectivity index (χ2n) is 2.01. The molecule has 0 spiro atoms. The molecule has 0 bridgehead atoms. The largest absolute Gasteiger partial charge is 0.347 e. The Bertz CT molecular complexity index is 241. The molecule has 1 rings (SSSR count). The van der Waals surface area contributed by atoms with Crippen molar-refractivity contribution in [2.45, 2.75) is 6.92 Å². The molecule has 0 fully saturated rings. The molecule has 0 saturated carbocycles. The molecule has 0 aromatic carbocycles. The Balaban J connectivity index is 2.66. The highest BCUT2D eigenvalue weighted by Gasteiger charge is 1.88. The minimum absolute atomic E-state index is 0.853. The van der Waals surface area contributed by atoms with E-state index in [2.05, 4.69) is 26.2 Å². The number of nitrogens with one attached hydrogen (secondary N) is 1. The van der Waals surface area contributed by atoms with E-state index >= 15 is 0 Å². The lowest BCUT2D eigenvalue weighted by Gasteiger charge is -1.97. The van der Waals surface area contributed by atoms with Crippen molar-refractivity contribution < 1.29 is 0 Å². The number of nitrogens with zero attached hydrogens (tertiary/aromatic N) is 1. The average molecular weight is 213 g/mol. The van der Waals surface area contributed by atoms with Gasteiger partial charge in [-0.05, 0) is 41.2 Å². The van der Waals surface area contributed by atoms with E-state index in [1.165, 1.54) is 0 Å². The number of rotatable bonds is 2. The molecule has 58 valence electrons. The lowest BCUT2D eigenvalue weighted by Crippen LogP contribution is -1.89. The number of halogens is 1. The molecule has 1 aromatic rings. The lowest BCUT2D eigenvalue weighted by atomic mass is 10.5. The second-order valence-corrected chi connectivity index (χ2v) is 2.92. The van der Waals surface area contributed by atoms with Crippen molar-refractivity contribution in [1.82, 2.24) is 4.98 Å². The molecule has 0 aliphatic heterocycles. The maximum atomic E-state index is 4.11. The van der Waals surface area contributed by atoms with E-state index in [0.29, 0.717) is 0 Å². The topological polar surface area (TPSA) is 24.9 Å². The normalized spacial score (nSPS) is 10.4. The van der Waals surface area contributed by atoms with Gasteiger partial charge >= 0.3 is 0 Å². The van der Waals surface area contributed by atoms with Crippen molar-refractivity contribution >= 4 is 21.7 Å². The summed E-state index contributed by atoms with van der Waals surface area (Å²) < 4.78 is 0.989. The third-order valence-corrected chi connectivity index (χ3v) is 1.59. The fourth-order valence-corrected chi connectivity index (χ4v) is 0.864. The average Bonchev–Trinajstić information content (AvgIpc) is 2.04. The molecule has 3 heteroatoms. The van der Waals surface area contributed by atoms with Gasteiger partial charge in [-0.3, -0.25) is 0 Å². The van der Waals surface area contributed by atoms with Gasteiger partial charge in [0.05, 0.1) is 0 Å². The molecule has 1 N–H and O–H groups in total. The molecule has 0 unspecified atom stereocenters. The van der Waals surface area contributed by atoms with Crippen LogP contribution in [0.4, 0.5) is 5.82 Å². The Morgan fingerprint density at radius 1 is 1.55 bits per heavy atom. The molecule has 1 aromatic heterocycles. The van der Waals surface area contributed by atoms with Crippen LogP contribution in [0.25, 0.3) is 0 Å². The summed E-state index contributed by atoms with van der Waals surface area (Å²) in [4.78, 5) is 4.11. The zero-order valence-corrected chi connectivity index (χ0v) is 7.80. The summed E-state index contributed by atoms with van der Waals surface area (Å²) in [5.74, 6) is 0.853. The zero-order chi connectivity index (χ0) is 8.10. The maximum Gasteiger partial charge on any atom is 0.129 e. The summed E-state index contributed by atoms with van der Waals surface area (Å²) in [7, 11) is 0. The Morgan fingerprint density at radius 3 is 2.91 bits per heavy atom. The minimum Gasteiger partial charge on any atom is -0.347 e. The summed E-state index contributed by atoms with van der Waals surface area (Å²) in [6, 6.07) is 3.85. The third kappa shape index (κ3) is 2.72. The van der Waals surface area contributed by atoms with Gasteiger partial charge in [0.15, 0.2) is 0 Å². The SMILES string of the molecule is C/C=C\Nc1ccc(Br)cn1. The van der Waals surface area contributed by atoms with E-state index in [9.17, 15) is 0 Å². The van der Waals surface area contributed by atoms with Gasteiger partial charge in [0, 0.05) is 10.7 Å². The molecular formula is C8H9BrN2. The van der Waals surface area contributed by atoms with Crippen LogP contribution in [0.5, 0.6) is 0 Å². The Hall–Kier alpha value is -0.830. The summed E-state index contributed by atoms with van der Waals surface area (Å²) in [5, 5.41) is 3.01. The minimum atomic E-state index is 0.853. The number of anilines is 1. The van der Waals surface area contributed by atoms with Crippen LogP contribution in [-0.2, 0) is 0 Å². The molecule has 1 heterocycles. The second kappa shape index (κ2) is 4.13. The predicted molar refractivity (Wildman–Crippen MR) is 50.4 cm³/mol. The molecule has 0 amide bonds. The van der Waals surface area contributed by atoms with Crippen molar-refractivity contribution in [3.05, 3.63) is 35.1 Å². The molecule has 0 atom stereocenters. The number of allylic oxidation sites excluding steroid dienone is 1. The van der Waals surface area contributed by atoms with Crippen LogP contribution in [0.3, 0.4) is 0 Å². The first-order valence-electron chi connectivity index (χ1n) is 3.32. The van der Waals surface area contributed by atoms with Crippen LogP contribution in [0.15, 0.2) is 35.1 Å². The van der Waals surface area contributed by atoms with Gasteiger partial charge in [-0.2, -0.15) is 0 Å². The quantitative estimate of drug-likeness (QED) is 0.816. The predicted octanol–water partition coefficient (Wildman–Crippen LogP) is 2.79. The van der Waals surface area contributed by atoms with Gasteiger partial charge in [0.25, 0.3) is 0 Å². The van der Waals surface area contributed by atoms with Crippen molar-refractivity contribution in [3.8, 4) is 0 Å². The zero-order valence-electron chi connectivity index (χ0n) is 6.21. The molecule has 0 saturated heterocycles. The van der Waals surface area contributed by atoms with E-state index in [0.717, 1.165) is 10.3 Å². The highest BCUT2D eigenvalue weighted by Crippen LogP contribution is 2.09. The van der Waals surface area contributed by atoms with Gasteiger partial charge in [-0.25, -0.2) is 4.98 Å². The van der Waals surface area contributed by atoms with Crippen LogP contribution < -0.4 is 5.32 Å². The Labute approximate surface area is 74.5 Å². The summed E-state index contributed by atoms with van der Waals surface area (Å²) in [6.07, 6.45) is 5.52. The van der Waals surface area contributed by atoms with Crippen LogP contribution in [0.2, 0.25) is 0 Å². The van der Waals surface area contributed by atoms with Crippen molar-refractivity contribution in [3.63, 3.8) is 0 Å². The molecule has 11 heavy (non-hydrogen) atoms. The van der Waals surface area contributed by atoms with Crippen molar-refractivity contribution in [2.75, 3.05) is 5.32 Å². The van der Waals surface area contributed by atoms with E-state index < -0.39 is 0 Å². The van der Waals surface area contributed by atoms with E-state index in [4.69, 9.17) is 0 Å². The smallest absolute Gasteiger partial charge is 0.129 e. The molecule has 0 radical (unpaired) electrons. The standard InChI is InChI=1S/C8H9BrN2/c1-2-5-10-8-4-3-7(9)6-11-8/h2-6H,1H3,(H,10,11)/b5-2-. The Morgan fingerprint density at radius 2 is 2.36 bits per heavy atom. The maximum absolute atomic E-state index is 4.11. The highest BCUT2D eigenvalue weighted by atomic mass is 79.9. The first-order chi connectivity index (χ1) is 5.33. The van der Waals surface area contributed by atoms with Crippen LogP contribution in [0.1, 0.15) is 6.92 Å². The monoisotopic (exact) mass is 212 g/mol. The van der Waals surface area contributed by atoms with Crippen molar-refractivity contribution in [2.24, 2.45) is 0 Å². The molecule has 0 aliphatic carbocycles. The first-order valence-corrected chi connectivity index (χ1v) is 4.11. The molecular weight excluding hydrogens is 204 g/mol. The van der Waals surface area contributed by atoms with Gasteiger partial charge < -0.3 is 5.32 Å². The fourth-order valence-electron chi connectivity index (χ4n) is 0.630. The number of pyridine rings is 1. The Kier molecular flexibility index (Phi) is 3.11. The van der Waals surface area contributed by atoms with Crippen molar-refractivity contribution in [1.29, 1.82) is 0 Å². The van der Waals surface area contributed by atoms with Crippen LogP contribution in [-0.4, -0.2) is 4.98 Å². The number of hydrogen-bond acceptors (Lipinski definition) is 2. The molecule has 0 aliphatic rings. The van der Waals surface area contributed by atoms with Gasteiger partial charge in [0.2, 0.25) is 0 Å². The van der Waals surface area contributed by atoms with E-state index in [1.807, 2.05) is 31.3 Å². The van der Waals surface area contributed by atoms with Crippen LogP contribution in [0, 0.1) is 0 Å². The summed E-state index contributed by atoms with van der Waals surface area (Å²) >= 11 is 3.31. The number of hydrogen-bond donors (Lipinski definition) is 1. The first kappa shape index (κ1) is 8.27. The summed E-state index contributed by atoms with van der Waals surface area (Å²) in [6.45, 7) is 1.95. The molecule has 2 nitrogen and oxygen atoms in total. The third-order valence-electron chi connectivity index (χ3n) is 1.13. The highest BCUT2D eigenvalue weighted by molar-refractivity contribution is 9.10. The lowest BCUT2D eigenvalue weighted by molar-refractivity contribution is 1.29. The van der Waals surface area contributed by atoms with Gasteiger partial charge in [-0.15, -0.1) is 0 Å². The number of aromatic nitrogens is 1.